The minimum Gasteiger partial charge on any atom is -0.354 e. The van der Waals surface area contributed by atoms with Crippen molar-refractivity contribution in [3.05, 3.63) is 64.2 Å². The molecule has 0 atom stereocenters. The maximum Gasteiger partial charge on any atom is 0.197 e. The highest BCUT2D eigenvalue weighted by atomic mass is 32.1. The predicted octanol–water partition coefficient (Wildman–Crippen LogP) is 4.11. The zero-order valence-electron chi connectivity index (χ0n) is 9.94. The number of hydrogen-bond acceptors (Lipinski definition) is 2. The van der Waals surface area contributed by atoms with Gasteiger partial charge in [-0.25, -0.2) is 0 Å². The SMILES string of the molecule is O=C1c2ccccc2-c2[nH]c3ccccc3c(=S)c21. The third-order valence-electron chi connectivity index (χ3n) is 3.58. The lowest BCUT2D eigenvalue weighted by Gasteiger charge is -2.04. The first kappa shape index (κ1) is 10.6. The molecule has 1 N–H and O–H groups in total. The third-order valence-corrected chi connectivity index (χ3v) is 4.00. The molecule has 1 aromatic heterocycles. The lowest BCUT2D eigenvalue weighted by molar-refractivity contribution is 0.104. The number of pyridine rings is 1. The van der Waals surface area contributed by atoms with Crippen molar-refractivity contribution in [1.29, 1.82) is 0 Å². The molecule has 1 aliphatic rings. The Bertz CT molecular complexity index is 908. The minimum atomic E-state index is 0.0256. The summed E-state index contributed by atoms with van der Waals surface area (Å²) in [7, 11) is 0. The molecule has 1 aliphatic carbocycles. The smallest absolute Gasteiger partial charge is 0.197 e. The van der Waals surface area contributed by atoms with Crippen LogP contribution in [0.2, 0.25) is 0 Å². The molecule has 3 heteroatoms. The van der Waals surface area contributed by atoms with Crippen LogP contribution in [0.1, 0.15) is 15.9 Å². The quantitative estimate of drug-likeness (QED) is 0.484. The Kier molecular flexibility index (Phi) is 2.03. The molecule has 0 spiro atoms. The molecule has 0 saturated heterocycles. The Hall–Kier alpha value is -2.26. The van der Waals surface area contributed by atoms with Crippen LogP contribution in [0, 0.1) is 4.51 Å². The van der Waals surface area contributed by atoms with Gasteiger partial charge in [0.05, 0.1) is 15.8 Å². The highest BCUT2D eigenvalue weighted by molar-refractivity contribution is 7.71. The van der Waals surface area contributed by atoms with Crippen molar-refractivity contribution in [3.8, 4) is 11.3 Å². The second-order valence-corrected chi connectivity index (χ2v) is 5.03. The maximum absolute atomic E-state index is 12.5. The molecule has 0 fully saturated rings. The van der Waals surface area contributed by atoms with E-state index in [9.17, 15) is 4.79 Å². The molecule has 2 aromatic carbocycles. The molecule has 19 heavy (non-hydrogen) atoms. The maximum atomic E-state index is 12.5. The van der Waals surface area contributed by atoms with Gasteiger partial charge < -0.3 is 4.98 Å². The summed E-state index contributed by atoms with van der Waals surface area (Å²) >= 11 is 5.50. The van der Waals surface area contributed by atoms with Crippen molar-refractivity contribution in [2.75, 3.05) is 0 Å². The molecule has 0 saturated carbocycles. The zero-order chi connectivity index (χ0) is 13.0. The number of carbonyl (C=O) groups is 1. The van der Waals surface area contributed by atoms with Gasteiger partial charge in [0.15, 0.2) is 5.78 Å². The number of nitrogens with one attached hydrogen (secondary N) is 1. The van der Waals surface area contributed by atoms with E-state index in [2.05, 4.69) is 4.98 Å². The number of H-pyrrole nitrogens is 1. The summed E-state index contributed by atoms with van der Waals surface area (Å²) in [5.41, 5.74) is 4.13. The van der Waals surface area contributed by atoms with Crippen molar-refractivity contribution >= 4 is 28.9 Å². The van der Waals surface area contributed by atoms with E-state index >= 15 is 0 Å². The first-order valence-electron chi connectivity index (χ1n) is 6.06. The fourth-order valence-corrected chi connectivity index (χ4v) is 3.06. The first-order valence-corrected chi connectivity index (χ1v) is 6.47. The number of aromatic nitrogens is 1. The van der Waals surface area contributed by atoms with Gasteiger partial charge in [-0.3, -0.25) is 4.79 Å². The highest BCUT2D eigenvalue weighted by Gasteiger charge is 2.28. The van der Waals surface area contributed by atoms with Gasteiger partial charge in [-0.05, 0) is 6.07 Å². The average Bonchev–Trinajstić information content (AvgIpc) is 2.74. The van der Waals surface area contributed by atoms with Crippen LogP contribution in [0.25, 0.3) is 22.2 Å². The molecule has 0 unspecified atom stereocenters. The Morgan fingerprint density at radius 3 is 2.42 bits per heavy atom. The summed E-state index contributed by atoms with van der Waals surface area (Å²) in [5, 5.41) is 0.928. The number of fused-ring (bicyclic) bond motifs is 4. The van der Waals surface area contributed by atoms with Crippen LogP contribution in [0.5, 0.6) is 0 Å². The molecule has 0 amide bonds. The van der Waals surface area contributed by atoms with Crippen molar-refractivity contribution in [2.45, 2.75) is 0 Å². The van der Waals surface area contributed by atoms with Crippen molar-refractivity contribution in [3.63, 3.8) is 0 Å². The van der Waals surface area contributed by atoms with Crippen LogP contribution in [0.15, 0.2) is 48.5 Å². The fraction of sp³-hybridized carbons (Fsp3) is 0. The van der Waals surface area contributed by atoms with Gasteiger partial charge in [0.25, 0.3) is 0 Å². The van der Waals surface area contributed by atoms with Gasteiger partial charge in [0.2, 0.25) is 0 Å². The normalized spacial score (nSPS) is 12.5. The molecular formula is C16H9NOS. The average molecular weight is 263 g/mol. The highest BCUT2D eigenvalue weighted by Crippen LogP contribution is 2.37. The van der Waals surface area contributed by atoms with E-state index in [1.807, 2.05) is 48.5 Å². The van der Waals surface area contributed by atoms with E-state index in [0.717, 1.165) is 27.7 Å². The zero-order valence-corrected chi connectivity index (χ0v) is 10.8. The van der Waals surface area contributed by atoms with Crippen LogP contribution in [0.3, 0.4) is 0 Å². The number of aromatic amines is 1. The van der Waals surface area contributed by atoms with Gasteiger partial charge >= 0.3 is 0 Å². The van der Waals surface area contributed by atoms with Crippen molar-refractivity contribution in [2.24, 2.45) is 0 Å². The van der Waals surface area contributed by atoms with Gasteiger partial charge in [0.1, 0.15) is 0 Å². The van der Waals surface area contributed by atoms with Crippen LogP contribution >= 0.6 is 12.2 Å². The lowest BCUT2D eigenvalue weighted by atomic mass is 10.1. The second-order valence-electron chi connectivity index (χ2n) is 4.62. The van der Waals surface area contributed by atoms with Gasteiger partial charge in [-0.15, -0.1) is 0 Å². The van der Waals surface area contributed by atoms with E-state index in [0.29, 0.717) is 10.1 Å². The Morgan fingerprint density at radius 1 is 0.895 bits per heavy atom. The van der Waals surface area contributed by atoms with Crippen LogP contribution < -0.4 is 0 Å². The van der Waals surface area contributed by atoms with E-state index in [1.165, 1.54) is 0 Å². The number of para-hydroxylation sites is 1. The largest absolute Gasteiger partial charge is 0.354 e. The molecule has 0 aliphatic heterocycles. The number of rotatable bonds is 0. The number of ketones is 1. The molecular weight excluding hydrogens is 254 g/mol. The fourth-order valence-electron chi connectivity index (χ4n) is 2.69. The number of hydrogen-bond donors (Lipinski definition) is 1. The Balaban J connectivity index is 2.23. The Morgan fingerprint density at radius 2 is 1.58 bits per heavy atom. The van der Waals surface area contributed by atoms with Gasteiger partial charge in [-0.2, -0.15) is 0 Å². The van der Waals surface area contributed by atoms with E-state index < -0.39 is 0 Å². The number of carbonyl (C=O) groups excluding carboxylic acids is 1. The minimum absolute atomic E-state index is 0.0256. The topological polar surface area (TPSA) is 32.9 Å². The molecule has 2 nitrogen and oxygen atoms in total. The van der Waals surface area contributed by atoms with E-state index in [4.69, 9.17) is 12.2 Å². The summed E-state index contributed by atoms with van der Waals surface area (Å²) in [6.45, 7) is 0. The lowest BCUT2D eigenvalue weighted by Crippen LogP contribution is -1.97. The molecule has 1 heterocycles. The van der Waals surface area contributed by atoms with E-state index in [1.54, 1.807) is 0 Å². The molecule has 0 radical (unpaired) electrons. The second kappa shape index (κ2) is 3.62. The molecule has 0 bridgehead atoms. The standard InChI is InChI=1S/C16H9NOS/c18-15-10-6-2-1-5-9(10)14-13(15)16(19)11-7-3-4-8-12(11)17-14/h1-8H,(H,17,19). The van der Waals surface area contributed by atoms with Gasteiger partial charge in [-0.1, -0.05) is 54.7 Å². The molecule has 3 aromatic rings. The molecule has 4 rings (SSSR count). The summed E-state index contributed by atoms with van der Waals surface area (Å²) in [6.07, 6.45) is 0. The summed E-state index contributed by atoms with van der Waals surface area (Å²) in [4.78, 5) is 15.8. The van der Waals surface area contributed by atoms with Crippen LogP contribution in [0.4, 0.5) is 0 Å². The van der Waals surface area contributed by atoms with Crippen molar-refractivity contribution < 1.29 is 4.79 Å². The monoisotopic (exact) mass is 263 g/mol. The number of benzene rings is 2. The summed E-state index contributed by atoms with van der Waals surface area (Å²) in [5.74, 6) is 0.0256. The van der Waals surface area contributed by atoms with Crippen molar-refractivity contribution in [1.82, 2.24) is 4.98 Å². The predicted molar refractivity (Wildman–Crippen MR) is 78.0 cm³/mol. The summed E-state index contributed by atoms with van der Waals surface area (Å²) in [6, 6.07) is 15.5. The third kappa shape index (κ3) is 1.30. The van der Waals surface area contributed by atoms with Gasteiger partial charge in [0, 0.05) is 22.0 Å². The Labute approximate surface area is 114 Å². The van der Waals surface area contributed by atoms with Crippen LogP contribution in [-0.2, 0) is 0 Å². The van der Waals surface area contributed by atoms with Crippen LogP contribution in [-0.4, -0.2) is 10.8 Å². The summed E-state index contributed by atoms with van der Waals surface area (Å²) < 4.78 is 0.644. The van der Waals surface area contributed by atoms with E-state index in [-0.39, 0.29) is 5.78 Å². The first-order chi connectivity index (χ1) is 9.27. The molecule has 90 valence electrons.